The van der Waals surface area contributed by atoms with Gasteiger partial charge in [0.15, 0.2) is 5.76 Å². The highest BCUT2D eigenvalue weighted by Gasteiger charge is 2.20. The highest BCUT2D eigenvalue weighted by atomic mass is 16.3. The zero-order valence-corrected chi connectivity index (χ0v) is 16.8. The number of fused-ring (bicyclic) bond motifs is 1. The van der Waals surface area contributed by atoms with Crippen LogP contribution < -0.4 is 0 Å². The first-order valence-corrected chi connectivity index (χ1v) is 10.2. The van der Waals surface area contributed by atoms with E-state index in [4.69, 9.17) is 9.52 Å². The minimum Gasteiger partial charge on any atom is -0.454 e. The molecule has 0 spiro atoms. The third kappa shape index (κ3) is 3.97. The van der Waals surface area contributed by atoms with Gasteiger partial charge < -0.3 is 9.32 Å². The zero-order valence-electron chi connectivity index (χ0n) is 16.8. The molecule has 0 aliphatic carbocycles. The minimum atomic E-state index is 0.761. The van der Waals surface area contributed by atoms with Gasteiger partial charge in [0.25, 0.3) is 0 Å². The summed E-state index contributed by atoms with van der Waals surface area (Å²) in [5.41, 5.74) is 4.34. The van der Waals surface area contributed by atoms with E-state index in [0.29, 0.717) is 0 Å². The van der Waals surface area contributed by atoms with Gasteiger partial charge in [0.2, 0.25) is 0 Å². The summed E-state index contributed by atoms with van der Waals surface area (Å²) in [4.78, 5) is 4.89. The standard InChI is InChI=1S/C24H26N4O/c1-26-11-13-27(14-12-26)17-21-18-28(16-19-7-3-2-4-8-19)25-24(21)23-15-20-9-5-6-10-22(20)29-23/h2-10,15,18H,11-14,16-17H2,1H3. The minimum absolute atomic E-state index is 0.761. The van der Waals surface area contributed by atoms with Crippen molar-refractivity contribution in [1.82, 2.24) is 19.6 Å². The van der Waals surface area contributed by atoms with Crippen molar-refractivity contribution in [3.8, 4) is 11.5 Å². The van der Waals surface area contributed by atoms with E-state index in [1.165, 1.54) is 11.1 Å². The van der Waals surface area contributed by atoms with E-state index in [1.807, 2.05) is 28.9 Å². The Bertz CT molecular complexity index is 1060. The van der Waals surface area contributed by atoms with Crippen molar-refractivity contribution in [2.45, 2.75) is 13.1 Å². The van der Waals surface area contributed by atoms with Crippen LogP contribution in [0.15, 0.2) is 71.3 Å². The second kappa shape index (κ2) is 7.85. The van der Waals surface area contributed by atoms with Gasteiger partial charge in [-0.2, -0.15) is 5.10 Å². The Morgan fingerprint density at radius 1 is 0.897 bits per heavy atom. The lowest BCUT2D eigenvalue weighted by Gasteiger charge is -2.32. The van der Waals surface area contributed by atoms with E-state index in [2.05, 4.69) is 59.4 Å². The van der Waals surface area contributed by atoms with E-state index in [9.17, 15) is 0 Å². The first kappa shape index (κ1) is 18.2. The molecular formula is C24H26N4O. The maximum Gasteiger partial charge on any atom is 0.156 e. The maximum atomic E-state index is 6.16. The Hall–Kier alpha value is -2.89. The fourth-order valence-electron chi connectivity index (χ4n) is 3.98. The molecule has 3 heterocycles. The summed E-state index contributed by atoms with van der Waals surface area (Å²) < 4.78 is 8.21. The summed E-state index contributed by atoms with van der Waals surface area (Å²) in [5, 5.41) is 6.05. The van der Waals surface area contributed by atoms with Crippen LogP contribution in [-0.2, 0) is 13.1 Å². The molecule has 2 aromatic carbocycles. The van der Waals surface area contributed by atoms with Crippen LogP contribution in [0.25, 0.3) is 22.4 Å². The van der Waals surface area contributed by atoms with E-state index in [-0.39, 0.29) is 0 Å². The Labute approximate surface area is 171 Å². The molecule has 1 fully saturated rings. The maximum absolute atomic E-state index is 6.16. The SMILES string of the molecule is CN1CCN(Cc2cn(Cc3ccccc3)nc2-c2cc3ccccc3o2)CC1. The number of hydrogen-bond donors (Lipinski definition) is 0. The topological polar surface area (TPSA) is 37.4 Å². The molecule has 0 amide bonds. The summed E-state index contributed by atoms with van der Waals surface area (Å²) in [5.74, 6) is 0.849. The summed E-state index contributed by atoms with van der Waals surface area (Å²) in [6.45, 7) is 6.04. The highest BCUT2D eigenvalue weighted by Crippen LogP contribution is 2.30. The van der Waals surface area contributed by atoms with Crippen molar-refractivity contribution in [3.05, 3.63) is 78.0 Å². The van der Waals surface area contributed by atoms with Crippen molar-refractivity contribution < 1.29 is 4.42 Å². The normalized spacial score (nSPS) is 15.9. The Kier molecular flexibility index (Phi) is 4.92. The van der Waals surface area contributed by atoms with E-state index in [1.54, 1.807) is 0 Å². The first-order valence-electron chi connectivity index (χ1n) is 10.2. The number of para-hydroxylation sites is 1. The van der Waals surface area contributed by atoms with Crippen molar-refractivity contribution >= 4 is 11.0 Å². The number of likely N-dealkylation sites (N-methyl/N-ethyl adjacent to an activating group) is 1. The Balaban J connectivity index is 1.48. The third-order valence-electron chi connectivity index (χ3n) is 5.67. The monoisotopic (exact) mass is 386 g/mol. The van der Waals surface area contributed by atoms with Crippen LogP contribution in [0.1, 0.15) is 11.1 Å². The average Bonchev–Trinajstić information content (AvgIpc) is 3.34. The van der Waals surface area contributed by atoms with Gasteiger partial charge in [0.05, 0.1) is 6.54 Å². The molecule has 4 aromatic rings. The number of benzene rings is 2. The summed E-state index contributed by atoms with van der Waals surface area (Å²) in [6.07, 6.45) is 2.19. The molecular weight excluding hydrogens is 360 g/mol. The summed E-state index contributed by atoms with van der Waals surface area (Å²) in [6, 6.07) is 20.7. The molecule has 5 rings (SSSR count). The molecule has 1 aliphatic heterocycles. The van der Waals surface area contributed by atoms with Crippen LogP contribution in [0.4, 0.5) is 0 Å². The molecule has 1 saturated heterocycles. The van der Waals surface area contributed by atoms with Crippen LogP contribution in [0.5, 0.6) is 0 Å². The quantitative estimate of drug-likeness (QED) is 0.518. The second-order valence-electron chi connectivity index (χ2n) is 7.91. The molecule has 0 atom stereocenters. The van der Waals surface area contributed by atoms with Crippen LogP contribution >= 0.6 is 0 Å². The first-order chi connectivity index (χ1) is 14.2. The van der Waals surface area contributed by atoms with Gasteiger partial charge in [-0.05, 0) is 24.7 Å². The van der Waals surface area contributed by atoms with Gasteiger partial charge in [-0.25, -0.2) is 0 Å². The van der Waals surface area contributed by atoms with Crippen molar-refractivity contribution in [2.24, 2.45) is 0 Å². The van der Waals surface area contributed by atoms with Crippen LogP contribution in [0, 0.1) is 0 Å². The number of nitrogens with zero attached hydrogens (tertiary/aromatic N) is 4. The van der Waals surface area contributed by atoms with Crippen molar-refractivity contribution in [1.29, 1.82) is 0 Å². The van der Waals surface area contributed by atoms with Crippen molar-refractivity contribution in [3.63, 3.8) is 0 Å². The van der Waals surface area contributed by atoms with E-state index < -0.39 is 0 Å². The Morgan fingerprint density at radius 3 is 2.45 bits per heavy atom. The molecule has 0 radical (unpaired) electrons. The second-order valence-corrected chi connectivity index (χ2v) is 7.91. The zero-order chi connectivity index (χ0) is 19.6. The molecule has 0 saturated carbocycles. The predicted octanol–water partition coefficient (Wildman–Crippen LogP) is 4.09. The van der Waals surface area contributed by atoms with Gasteiger partial charge in [0.1, 0.15) is 11.3 Å². The Morgan fingerprint density at radius 2 is 1.66 bits per heavy atom. The molecule has 0 unspecified atom stereocenters. The van der Waals surface area contributed by atoms with Gasteiger partial charge in [-0.15, -0.1) is 0 Å². The molecule has 148 valence electrons. The van der Waals surface area contributed by atoms with Crippen LogP contribution in [-0.4, -0.2) is 52.8 Å². The van der Waals surface area contributed by atoms with Gasteiger partial charge in [-0.1, -0.05) is 48.5 Å². The number of furan rings is 1. The molecule has 1 aliphatic rings. The number of piperazine rings is 1. The third-order valence-corrected chi connectivity index (χ3v) is 5.67. The van der Waals surface area contributed by atoms with E-state index >= 15 is 0 Å². The van der Waals surface area contributed by atoms with Gasteiger partial charge in [-0.3, -0.25) is 9.58 Å². The van der Waals surface area contributed by atoms with Gasteiger partial charge >= 0.3 is 0 Å². The fourth-order valence-corrected chi connectivity index (χ4v) is 3.98. The number of rotatable bonds is 5. The van der Waals surface area contributed by atoms with Gasteiger partial charge in [0, 0.05) is 49.9 Å². The molecule has 0 N–H and O–H groups in total. The average molecular weight is 386 g/mol. The molecule has 2 aromatic heterocycles. The number of hydrogen-bond acceptors (Lipinski definition) is 4. The van der Waals surface area contributed by atoms with E-state index in [0.717, 1.165) is 61.7 Å². The predicted molar refractivity (Wildman–Crippen MR) is 116 cm³/mol. The smallest absolute Gasteiger partial charge is 0.156 e. The summed E-state index contributed by atoms with van der Waals surface area (Å²) in [7, 11) is 2.19. The fraction of sp³-hybridized carbons (Fsp3) is 0.292. The molecule has 5 nitrogen and oxygen atoms in total. The van der Waals surface area contributed by atoms with Crippen molar-refractivity contribution in [2.75, 3.05) is 33.2 Å². The summed E-state index contributed by atoms with van der Waals surface area (Å²) >= 11 is 0. The van der Waals surface area contributed by atoms with Crippen LogP contribution in [0.2, 0.25) is 0 Å². The lowest BCUT2D eigenvalue weighted by Crippen LogP contribution is -2.43. The number of aromatic nitrogens is 2. The van der Waals surface area contributed by atoms with Crippen LogP contribution in [0.3, 0.4) is 0 Å². The molecule has 5 heteroatoms. The lowest BCUT2D eigenvalue weighted by atomic mass is 10.1. The largest absolute Gasteiger partial charge is 0.454 e. The lowest BCUT2D eigenvalue weighted by molar-refractivity contribution is 0.148. The molecule has 29 heavy (non-hydrogen) atoms. The highest BCUT2D eigenvalue weighted by molar-refractivity contribution is 5.82. The molecule has 0 bridgehead atoms.